The fourth-order valence-electron chi connectivity index (χ4n) is 2.26. The summed E-state index contributed by atoms with van der Waals surface area (Å²) in [5, 5.41) is 11.5. The Morgan fingerprint density at radius 3 is 2.94 bits per heavy atom. The maximum Gasteiger partial charge on any atom is 0.272 e. The molecule has 0 spiro atoms. The van der Waals surface area contributed by atoms with Crippen molar-refractivity contribution < 1.29 is 9.66 Å². The minimum atomic E-state index is -0.560. The van der Waals surface area contributed by atoms with Gasteiger partial charge in [0, 0.05) is 28.8 Å². The van der Waals surface area contributed by atoms with Crippen molar-refractivity contribution in [1.29, 1.82) is 0 Å². The van der Waals surface area contributed by atoms with E-state index in [4.69, 9.17) is 22.1 Å². The van der Waals surface area contributed by atoms with E-state index in [1.54, 1.807) is 6.07 Å². The molecule has 0 amide bonds. The van der Waals surface area contributed by atoms with Crippen LogP contribution >= 0.6 is 11.6 Å². The summed E-state index contributed by atoms with van der Waals surface area (Å²) in [6, 6.07) is 4.54. The fourth-order valence-corrected chi connectivity index (χ4v) is 2.45. The molecule has 2 unspecified atom stereocenters. The minimum Gasteiger partial charge on any atom is -0.377 e. The Hall–Kier alpha value is -1.17. The molecule has 1 fully saturated rings. The summed E-state index contributed by atoms with van der Waals surface area (Å²) in [6.07, 6.45) is 0.971. The lowest BCUT2D eigenvalue weighted by Crippen LogP contribution is -2.48. The molecule has 2 atom stereocenters. The highest BCUT2D eigenvalue weighted by Gasteiger charge is 2.39. The van der Waals surface area contributed by atoms with E-state index in [9.17, 15) is 10.1 Å². The van der Waals surface area contributed by atoms with Crippen molar-refractivity contribution >= 4 is 17.3 Å². The summed E-state index contributed by atoms with van der Waals surface area (Å²) in [5.41, 5.74) is 6.32. The number of nitrogens with zero attached hydrogens (tertiary/aromatic N) is 1. The highest BCUT2D eigenvalue weighted by atomic mass is 35.5. The number of halogens is 1. The predicted molar refractivity (Wildman–Crippen MR) is 68.8 cm³/mol. The lowest BCUT2D eigenvalue weighted by Gasteiger charge is -2.27. The first-order chi connectivity index (χ1) is 8.42. The molecule has 1 heterocycles. The summed E-state index contributed by atoms with van der Waals surface area (Å²) < 4.78 is 5.44. The van der Waals surface area contributed by atoms with E-state index >= 15 is 0 Å². The van der Waals surface area contributed by atoms with Crippen molar-refractivity contribution in [2.45, 2.75) is 31.4 Å². The molecule has 0 aromatic heterocycles. The van der Waals surface area contributed by atoms with Crippen LogP contribution in [-0.4, -0.2) is 23.2 Å². The molecule has 0 bridgehead atoms. The third-order valence-electron chi connectivity index (χ3n) is 3.50. The highest BCUT2D eigenvalue weighted by Crippen LogP contribution is 2.31. The Bertz CT molecular complexity index is 480. The fraction of sp³-hybridized carbons (Fsp3) is 0.500. The predicted octanol–water partition coefficient (Wildman–Crippen LogP) is 2.30. The molecule has 1 saturated heterocycles. The largest absolute Gasteiger partial charge is 0.377 e. The number of nitro benzene ring substituents is 1. The van der Waals surface area contributed by atoms with Crippen LogP contribution in [0.3, 0.4) is 0 Å². The van der Waals surface area contributed by atoms with Crippen LogP contribution in [0.15, 0.2) is 18.2 Å². The normalized spacial score (nSPS) is 27.4. The number of rotatable bonds is 3. The molecule has 1 aliphatic rings. The first-order valence-electron chi connectivity index (χ1n) is 5.76. The van der Waals surface area contributed by atoms with Crippen molar-refractivity contribution in [3.05, 3.63) is 38.9 Å². The molecule has 0 saturated carbocycles. The lowest BCUT2D eigenvalue weighted by atomic mass is 9.85. The zero-order valence-electron chi connectivity index (χ0n) is 10.1. The number of ether oxygens (including phenoxy) is 1. The summed E-state index contributed by atoms with van der Waals surface area (Å²) >= 11 is 5.89. The first-order valence-corrected chi connectivity index (χ1v) is 6.13. The molecule has 0 radical (unpaired) electrons. The van der Waals surface area contributed by atoms with Crippen molar-refractivity contribution in [3.63, 3.8) is 0 Å². The van der Waals surface area contributed by atoms with Gasteiger partial charge in [-0.1, -0.05) is 11.6 Å². The third-order valence-corrected chi connectivity index (χ3v) is 3.74. The van der Waals surface area contributed by atoms with Crippen LogP contribution in [0, 0.1) is 10.1 Å². The topological polar surface area (TPSA) is 78.4 Å². The quantitative estimate of drug-likeness (QED) is 0.675. The van der Waals surface area contributed by atoms with Crippen LogP contribution in [0.25, 0.3) is 0 Å². The molecule has 1 aliphatic heterocycles. The van der Waals surface area contributed by atoms with Crippen LogP contribution in [0.2, 0.25) is 5.02 Å². The lowest BCUT2D eigenvalue weighted by molar-refractivity contribution is -0.385. The van der Waals surface area contributed by atoms with Crippen LogP contribution in [-0.2, 0) is 11.2 Å². The van der Waals surface area contributed by atoms with Crippen molar-refractivity contribution in [2.75, 3.05) is 6.61 Å². The maximum absolute atomic E-state index is 11.0. The Balaban J connectivity index is 2.33. The molecule has 2 rings (SSSR count). The average molecular weight is 271 g/mol. The summed E-state index contributed by atoms with van der Waals surface area (Å²) in [4.78, 5) is 10.6. The minimum absolute atomic E-state index is 0.0586. The number of nitrogens with two attached hydrogens (primary N) is 1. The molecular weight excluding hydrogens is 256 g/mol. The van der Waals surface area contributed by atoms with E-state index in [-0.39, 0.29) is 11.8 Å². The zero-order valence-corrected chi connectivity index (χ0v) is 10.8. The van der Waals surface area contributed by atoms with Crippen molar-refractivity contribution in [1.82, 2.24) is 0 Å². The van der Waals surface area contributed by atoms with Gasteiger partial charge in [-0.2, -0.15) is 0 Å². The molecule has 1 aromatic carbocycles. The second-order valence-electron chi connectivity index (χ2n) is 4.70. The molecule has 5 nitrogen and oxygen atoms in total. The third kappa shape index (κ3) is 2.48. The van der Waals surface area contributed by atoms with Gasteiger partial charge in [0.1, 0.15) is 0 Å². The second-order valence-corrected chi connectivity index (χ2v) is 5.14. The first kappa shape index (κ1) is 13.3. The van der Waals surface area contributed by atoms with E-state index in [0.29, 0.717) is 30.0 Å². The summed E-state index contributed by atoms with van der Waals surface area (Å²) in [6.45, 7) is 2.48. The standard InChI is InChI=1S/C12H15ClN2O3/c1-8-12(14,4-5-18-8)7-9-6-10(13)2-3-11(9)15(16)17/h2-3,6,8H,4-5,7,14H2,1H3. The van der Waals surface area contributed by atoms with E-state index in [1.165, 1.54) is 12.1 Å². The van der Waals surface area contributed by atoms with Gasteiger partial charge < -0.3 is 10.5 Å². The SMILES string of the molecule is CC1OCCC1(N)Cc1cc(Cl)ccc1[N+](=O)[O-]. The van der Waals surface area contributed by atoms with Gasteiger partial charge in [0.15, 0.2) is 0 Å². The van der Waals surface area contributed by atoms with E-state index in [2.05, 4.69) is 0 Å². The van der Waals surface area contributed by atoms with Crippen LogP contribution in [0.1, 0.15) is 18.9 Å². The average Bonchev–Trinajstić information content (AvgIpc) is 2.58. The van der Waals surface area contributed by atoms with Gasteiger partial charge in [0.25, 0.3) is 5.69 Å². The monoisotopic (exact) mass is 270 g/mol. The van der Waals surface area contributed by atoms with Crippen molar-refractivity contribution in [2.24, 2.45) is 5.73 Å². The Labute approximate surface area is 110 Å². The van der Waals surface area contributed by atoms with Gasteiger partial charge in [-0.25, -0.2) is 0 Å². The van der Waals surface area contributed by atoms with Gasteiger partial charge in [-0.15, -0.1) is 0 Å². The van der Waals surface area contributed by atoms with Crippen molar-refractivity contribution in [3.8, 4) is 0 Å². The zero-order chi connectivity index (χ0) is 13.3. The number of hydrogen-bond acceptors (Lipinski definition) is 4. The van der Waals surface area contributed by atoms with E-state index < -0.39 is 10.5 Å². The molecule has 18 heavy (non-hydrogen) atoms. The van der Waals surface area contributed by atoms with E-state index in [0.717, 1.165) is 0 Å². The Morgan fingerprint density at radius 1 is 1.67 bits per heavy atom. The molecule has 98 valence electrons. The van der Waals surface area contributed by atoms with Gasteiger partial charge in [0.05, 0.1) is 11.0 Å². The van der Waals surface area contributed by atoms with Gasteiger partial charge >= 0.3 is 0 Å². The molecule has 0 aliphatic carbocycles. The van der Waals surface area contributed by atoms with Gasteiger partial charge in [-0.05, 0) is 31.9 Å². The molecular formula is C12H15ClN2O3. The molecule has 2 N–H and O–H groups in total. The molecule has 1 aromatic rings. The Kier molecular flexibility index (Phi) is 3.56. The second kappa shape index (κ2) is 4.84. The van der Waals surface area contributed by atoms with Gasteiger partial charge in [-0.3, -0.25) is 10.1 Å². The summed E-state index contributed by atoms with van der Waals surface area (Å²) in [5.74, 6) is 0. The smallest absolute Gasteiger partial charge is 0.272 e. The van der Waals surface area contributed by atoms with Gasteiger partial charge in [0.2, 0.25) is 0 Å². The van der Waals surface area contributed by atoms with Crippen LogP contribution in [0.4, 0.5) is 5.69 Å². The van der Waals surface area contributed by atoms with E-state index in [1.807, 2.05) is 6.92 Å². The number of hydrogen-bond donors (Lipinski definition) is 1. The van der Waals surface area contributed by atoms with Crippen LogP contribution in [0.5, 0.6) is 0 Å². The summed E-state index contributed by atoms with van der Waals surface area (Å²) in [7, 11) is 0. The molecule has 6 heteroatoms. The van der Waals surface area contributed by atoms with Crippen LogP contribution < -0.4 is 5.73 Å². The number of benzene rings is 1. The Morgan fingerprint density at radius 2 is 2.39 bits per heavy atom. The highest BCUT2D eigenvalue weighted by molar-refractivity contribution is 6.30. The maximum atomic E-state index is 11.0. The number of nitro groups is 1.